The number of nitrogens with one attached hydrogen (secondary N) is 1. The summed E-state index contributed by atoms with van der Waals surface area (Å²) >= 11 is 5.95. The number of halogens is 1. The van der Waals surface area contributed by atoms with Crippen LogP contribution in [0.2, 0.25) is 5.02 Å². The fourth-order valence-corrected chi connectivity index (χ4v) is 3.92. The molecule has 2 aromatic rings. The molecule has 7 heteroatoms. The minimum atomic E-state index is -3.52. The highest BCUT2D eigenvalue weighted by molar-refractivity contribution is 7.92. The Morgan fingerprint density at radius 2 is 1.85 bits per heavy atom. The summed E-state index contributed by atoms with van der Waals surface area (Å²) in [5, 5.41) is 3.43. The van der Waals surface area contributed by atoms with Crippen LogP contribution in [0.5, 0.6) is 0 Å². The highest BCUT2D eigenvalue weighted by Gasteiger charge is 2.21. The molecule has 1 unspecified atom stereocenters. The average Bonchev–Trinajstić information content (AvgIpc) is 2.56. The highest BCUT2D eigenvalue weighted by atomic mass is 35.5. The summed E-state index contributed by atoms with van der Waals surface area (Å²) in [5.74, 6) is -0.207. The molecule has 2 rings (SSSR count). The lowest BCUT2D eigenvalue weighted by Gasteiger charge is -2.24. The smallest absolute Gasteiger partial charge is 0.232 e. The van der Waals surface area contributed by atoms with E-state index in [9.17, 15) is 13.2 Å². The third kappa shape index (κ3) is 5.47. The molecule has 0 heterocycles. The van der Waals surface area contributed by atoms with Crippen molar-refractivity contribution in [1.29, 1.82) is 0 Å². The zero-order chi connectivity index (χ0) is 19.3. The summed E-state index contributed by atoms with van der Waals surface area (Å²) in [4.78, 5) is 12.3. The van der Waals surface area contributed by atoms with Crippen molar-refractivity contribution in [3.05, 3.63) is 64.7 Å². The summed E-state index contributed by atoms with van der Waals surface area (Å²) in [5.41, 5.74) is 2.26. The van der Waals surface area contributed by atoms with E-state index in [0.29, 0.717) is 10.7 Å². The molecule has 140 valence electrons. The van der Waals surface area contributed by atoms with Gasteiger partial charge in [-0.1, -0.05) is 41.9 Å². The van der Waals surface area contributed by atoms with Crippen LogP contribution in [-0.4, -0.2) is 27.1 Å². The second-order valence-electron chi connectivity index (χ2n) is 6.22. The topological polar surface area (TPSA) is 66.5 Å². The summed E-state index contributed by atoms with van der Waals surface area (Å²) in [7, 11) is -3.52. The Morgan fingerprint density at radius 3 is 2.42 bits per heavy atom. The molecule has 1 amide bonds. The van der Waals surface area contributed by atoms with Gasteiger partial charge in [0.2, 0.25) is 15.9 Å². The molecule has 26 heavy (non-hydrogen) atoms. The molecule has 0 aliphatic rings. The molecule has 1 N–H and O–H groups in total. The number of benzene rings is 2. The van der Waals surface area contributed by atoms with Gasteiger partial charge in [-0.25, -0.2) is 8.42 Å². The molecule has 1 atom stereocenters. The van der Waals surface area contributed by atoms with Gasteiger partial charge >= 0.3 is 0 Å². The first-order valence-corrected chi connectivity index (χ1v) is 10.5. The van der Waals surface area contributed by atoms with Gasteiger partial charge in [0.15, 0.2) is 0 Å². The lowest BCUT2D eigenvalue weighted by molar-refractivity contribution is -0.121. The lowest BCUT2D eigenvalue weighted by Crippen LogP contribution is -2.35. The maximum atomic E-state index is 12.3. The first-order chi connectivity index (χ1) is 12.2. The molecule has 0 aliphatic carbocycles. The molecular formula is C19H23ClN2O3S. The average molecular weight is 395 g/mol. The van der Waals surface area contributed by atoms with Gasteiger partial charge in [0.05, 0.1) is 18.0 Å². The number of sulfonamides is 1. The maximum Gasteiger partial charge on any atom is 0.232 e. The minimum absolute atomic E-state index is 0.0618. The van der Waals surface area contributed by atoms with Crippen molar-refractivity contribution in [3.8, 4) is 0 Å². The molecule has 0 aliphatic heterocycles. The van der Waals surface area contributed by atoms with E-state index in [-0.39, 0.29) is 24.9 Å². The van der Waals surface area contributed by atoms with Gasteiger partial charge in [-0.3, -0.25) is 9.10 Å². The van der Waals surface area contributed by atoms with E-state index in [1.807, 2.05) is 37.3 Å². The lowest BCUT2D eigenvalue weighted by atomic mass is 10.1. The summed E-state index contributed by atoms with van der Waals surface area (Å²) < 4.78 is 25.6. The van der Waals surface area contributed by atoms with E-state index in [4.69, 9.17) is 11.6 Å². The van der Waals surface area contributed by atoms with Gasteiger partial charge in [-0.05, 0) is 43.2 Å². The molecule has 0 fully saturated rings. The third-order valence-corrected chi connectivity index (χ3v) is 5.46. The van der Waals surface area contributed by atoms with Crippen molar-refractivity contribution in [2.75, 3.05) is 17.1 Å². The first-order valence-electron chi connectivity index (χ1n) is 8.26. The second kappa shape index (κ2) is 8.56. The second-order valence-corrected chi connectivity index (χ2v) is 8.56. The molecular weight excluding hydrogens is 372 g/mol. The summed E-state index contributed by atoms with van der Waals surface area (Å²) in [6, 6.07) is 14.5. The Balaban J connectivity index is 2.07. The van der Waals surface area contributed by atoms with E-state index < -0.39 is 10.0 Å². The van der Waals surface area contributed by atoms with Gasteiger partial charge < -0.3 is 5.32 Å². The van der Waals surface area contributed by atoms with Gasteiger partial charge in [0.1, 0.15) is 0 Å². The maximum absolute atomic E-state index is 12.3. The highest BCUT2D eigenvalue weighted by Crippen LogP contribution is 2.25. The van der Waals surface area contributed by atoms with E-state index >= 15 is 0 Å². The van der Waals surface area contributed by atoms with Crippen LogP contribution in [0, 0.1) is 6.92 Å². The van der Waals surface area contributed by atoms with E-state index in [1.54, 1.807) is 25.1 Å². The van der Waals surface area contributed by atoms with Crippen molar-refractivity contribution in [3.63, 3.8) is 0 Å². The Kier molecular flexibility index (Phi) is 6.67. The molecule has 0 bridgehead atoms. The molecule has 0 saturated heterocycles. The van der Waals surface area contributed by atoms with Crippen LogP contribution < -0.4 is 9.62 Å². The normalized spacial score (nSPS) is 12.5. The number of carbonyl (C=O) groups is 1. The van der Waals surface area contributed by atoms with Gasteiger partial charge in [-0.2, -0.15) is 0 Å². The SMILES string of the molecule is Cc1cc(Cl)ccc1N(CCC(=O)NC(C)c1ccccc1)S(C)(=O)=O. The fourth-order valence-electron chi connectivity index (χ4n) is 2.71. The van der Waals surface area contributed by atoms with E-state index in [0.717, 1.165) is 17.4 Å². The third-order valence-electron chi connectivity index (χ3n) is 4.05. The Labute approximate surface area is 160 Å². The largest absolute Gasteiger partial charge is 0.350 e. The van der Waals surface area contributed by atoms with Crippen LogP contribution in [0.15, 0.2) is 48.5 Å². The van der Waals surface area contributed by atoms with Gasteiger partial charge in [0.25, 0.3) is 0 Å². The van der Waals surface area contributed by atoms with Crippen LogP contribution in [0.25, 0.3) is 0 Å². The molecule has 0 radical (unpaired) electrons. The standard InChI is InChI=1S/C19H23ClN2O3S/c1-14-13-17(20)9-10-18(14)22(26(3,24)25)12-11-19(23)21-15(2)16-7-5-4-6-8-16/h4-10,13,15H,11-12H2,1-3H3,(H,21,23). The number of hydrogen-bond donors (Lipinski definition) is 1. The van der Waals surface area contributed by atoms with Gasteiger partial charge in [-0.15, -0.1) is 0 Å². The van der Waals surface area contributed by atoms with Crippen LogP contribution in [0.4, 0.5) is 5.69 Å². The molecule has 0 aromatic heterocycles. The number of rotatable bonds is 7. The molecule has 0 saturated carbocycles. The Bertz CT molecular complexity index is 870. The Hall–Kier alpha value is -2.05. The van der Waals surface area contributed by atoms with Crippen LogP contribution in [0.3, 0.4) is 0 Å². The zero-order valence-corrected chi connectivity index (χ0v) is 16.6. The zero-order valence-electron chi connectivity index (χ0n) is 15.1. The van der Waals surface area contributed by atoms with E-state index in [2.05, 4.69) is 5.32 Å². The van der Waals surface area contributed by atoms with Crippen LogP contribution >= 0.6 is 11.6 Å². The molecule has 0 spiro atoms. The number of hydrogen-bond acceptors (Lipinski definition) is 3. The van der Waals surface area contributed by atoms with Crippen molar-refractivity contribution in [1.82, 2.24) is 5.32 Å². The van der Waals surface area contributed by atoms with Crippen molar-refractivity contribution in [2.45, 2.75) is 26.3 Å². The van der Waals surface area contributed by atoms with E-state index in [1.165, 1.54) is 4.31 Å². The van der Waals surface area contributed by atoms with Crippen molar-refractivity contribution in [2.24, 2.45) is 0 Å². The summed E-state index contributed by atoms with van der Waals surface area (Å²) in [6.45, 7) is 3.75. The number of nitrogens with zero attached hydrogens (tertiary/aromatic N) is 1. The number of aryl methyl sites for hydroxylation is 1. The Morgan fingerprint density at radius 1 is 1.19 bits per heavy atom. The number of anilines is 1. The predicted octanol–water partition coefficient (Wildman–Crippen LogP) is 3.68. The first kappa shape index (κ1) is 20.3. The monoisotopic (exact) mass is 394 g/mol. The quantitative estimate of drug-likeness (QED) is 0.778. The molecule has 5 nitrogen and oxygen atoms in total. The minimum Gasteiger partial charge on any atom is -0.350 e. The van der Waals surface area contributed by atoms with Crippen LogP contribution in [-0.2, 0) is 14.8 Å². The number of amides is 1. The van der Waals surface area contributed by atoms with Gasteiger partial charge in [0, 0.05) is 18.0 Å². The van der Waals surface area contributed by atoms with Crippen molar-refractivity contribution >= 4 is 33.2 Å². The number of carbonyl (C=O) groups excluding carboxylic acids is 1. The molecule has 2 aromatic carbocycles. The van der Waals surface area contributed by atoms with Crippen molar-refractivity contribution < 1.29 is 13.2 Å². The predicted molar refractivity (Wildman–Crippen MR) is 106 cm³/mol. The summed E-state index contributed by atoms with van der Waals surface area (Å²) in [6.07, 6.45) is 1.19. The fraction of sp³-hybridized carbons (Fsp3) is 0.316. The van der Waals surface area contributed by atoms with Crippen LogP contribution in [0.1, 0.15) is 30.5 Å².